The summed E-state index contributed by atoms with van der Waals surface area (Å²) in [6.45, 7) is 21.7. The molecule has 2 saturated heterocycles. The average molecular weight is 492 g/mol. The van der Waals surface area contributed by atoms with Gasteiger partial charge in [0.2, 0.25) is 0 Å². The number of hydrogen-bond donors (Lipinski definition) is 0. The molecule has 2 aliphatic heterocycles. The molecule has 0 aromatic heterocycles. The predicted molar refractivity (Wildman–Crippen MR) is 147 cm³/mol. The van der Waals surface area contributed by atoms with E-state index < -0.39 is 0 Å². The maximum atomic E-state index is 12.4. The SMILES string of the molecule is CC.CCC1CC=C(N2CCN(CCN3CCOCC3)CC2)C=C1C.Cc1cc(F)cc(P)c1. The number of benzene rings is 1. The average Bonchev–Trinajstić information content (AvgIpc) is 2.84. The van der Waals surface area contributed by atoms with Crippen molar-refractivity contribution in [2.24, 2.45) is 5.92 Å². The molecular formula is C28H47FN3OP. The predicted octanol–water partition coefficient (Wildman–Crippen LogP) is 4.86. The number of ether oxygens (including phenoxy) is 1. The summed E-state index contributed by atoms with van der Waals surface area (Å²) in [6, 6.07) is 4.90. The van der Waals surface area contributed by atoms with E-state index in [1.54, 1.807) is 5.57 Å². The van der Waals surface area contributed by atoms with Gasteiger partial charge >= 0.3 is 0 Å². The van der Waals surface area contributed by atoms with Gasteiger partial charge in [-0.25, -0.2) is 4.39 Å². The fourth-order valence-corrected chi connectivity index (χ4v) is 5.09. The van der Waals surface area contributed by atoms with Gasteiger partial charge in [-0.15, -0.1) is 9.24 Å². The van der Waals surface area contributed by atoms with Gasteiger partial charge in [-0.1, -0.05) is 38.5 Å². The third kappa shape index (κ3) is 9.77. The molecule has 192 valence electrons. The summed E-state index contributed by atoms with van der Waals surface area (Å²) in [4.78, 5) is 7.75. The molecule has 0 amide bonds. The summed E-state index contributed by atoms with van der Waals surface area (Å²) in [5.41, 5.74) is 4.00. The van der Waals surface area contributed by atoms with Gasteiger partial charge in [0, 0.05) is 58.1 Å². The van der Waals surface area contributed by atoms with Gasteiger partial charge in [-0.2, -0.15) is 0 Å². The number of hydrogen-bond acceptors (Lipinski definition) is 4. The number of morpholine rings is 1. The van der Waals surface area contributed by atoms with Crippen LogP contribution in [0.2, 0.25) is 0 Å². The Morgan fingerprint density at radius 3 is 2.09 bits per heavy atom. The lowest BCUT2D eigenvalue weighted by Gasteiger charge is -2.39. The van der Waals surface area contributed by atoms with Gasteiger partial charge in [-0.05, 0) is 61.7 Å². The van der Waals surface area contributed by atoms with E-state index in [0.29, 0.717) is 0 Å². The molecule has 6 heteroatoms. The van der Waals surface area contributed by atoms with E-state index in [0.717, 1.165) is 43.1 Å². The summed E-state index contributed by atoms with van der Waals surface area (Å²) < 4.78 is 17.8. The number of halogens is 1. The molecular weight excluding hydrogens is 444 g/mol. The summed E-state index contributed by atoms with van der Waals surface area (Å²) in [6.07, 6.45) is 7.39. The van der Waals surface area contributed by atoms with Crippen molar-refractivity contribution in [3.8, 4) is 0 Å². The third-order valence-corrected chi connectivity index (χ3v) is 7.10. The second-order valence-electron chi connectivity index (χ2n) is 9.20. The molecule has 4 nitrogen and oxygen atoms in total. The van der Waals surface area contributed by atoms with Crippen LogP contribution in [0, 0.1) is 18.7 Å². The Morgan fingerprint density at radius 2 is 1.56 bits per heavy atom. The molecule has 0 N–H and O–H groups in total. The number of allylic oxidation sites excluding steroid dienone is 3. The van der Waals surface area contributed by atoms with Crippen LogP contribution in [0.25, 0.3) is 0 Å². The molecule has 1 aromatic carbocycles. The Bertz CT molecular complexity index is 733. The first-order valence-electron chi connectivity index (χ1n) is 13.1. The van der Waals surface area contributed by atoms with E-state index in [1.165, 1.54) is 69.9 Å². The molecule has 2 fully saturated rings. The Labute approximate surface area is 210 Å². The van der Waals surface area contributed by atoms with Gasteiger partial charge < -0.3 is 9.64 Å². The minimum atomic E-state index is -0.167. The quantitative estimate of drug-likeness (QED) is 0.548. The van der Waals surface area contributed by atoms with Gasteiger partial charge in [-0.3, -0.25) is 9.80 Å². The second kappa shape index (κ2) is 15.7. The highest BCUT2D eigenvalue weighted by atomic mass is 31.0. The van der Waals surface area contributed by atoms with Crippen molar-refractivity contribution in [2.45, 2.75) is 47.5 Å². The first-order chi connectivity index (χ1) is 16.4. The van der Waals surface area contributed by atoms with Crippen molar-refractivity contribution in [2.75, 3.05) is 65.6 Å². The molecule has 0 radical (unpaired) electrons. The Hall–Kier alpha value is -1.26. The minimum Gasteiger partial charge on any atom is -0.379 e. The lowest BCUT2D eigenvalue weighted by atomic mass is 9.89. The zero-order valence-electron chi connectivity index (χ0n) is 22.2. The summed E-state index contributed by atoms with van der Waals surface area (Å²) >= 11 is 0. The van der Waals surface area contributed by atoms with Gasteiger partial charge in [0.15, 0.2) is 0 Å². The van der Waals surface area contributed by atoms with Crippen LogP contribution < -0.4 is 5.30 Å². The smallest absolute Gasteiger partial charge is 0.124 e. The molecule has 34 heavy (non-hydrogen) atoms. The number of rotatable bonds is 5. The van der Waals surface area contributed by atoms with Crippen molar-refractivity contribution in [3.05, 3.63) is 53.0 Å². The molecule has 2 heterocycles. The highest BCUT2D eigenvalue weighted by Crippen LogP contribution is 2.28. The Kier molecular flexibility index (Phi) is 13.4. The molecule has 0 spiro atoms. The van der Waals surface area contributed by atoms with Crippen molar-refractivity contribution < 1.29 is 9.13 Å². The normalized spacial score (nSPS) is 21.5. The monoisotopic (exact) mass is 491 g/mol. The fourth-order valence-electron chi connectivity index (χ4n) is 4.67. The van der Waals surface area contributed by atoms with Crippen LogP contribution in [-0.2, 0) is 4.74 Å². The third-order valence-electron chi connectivity index (χ3n) is 6.76. The number of piperazine rings is 1. The van der Waals surface area contributed by atoms with Crippen molar-refractivity contribution >= 4 is 14.5 Å². The van der Waals surface area contributed by atoms with Gasteiger partial charge in [0.25, 0.3) is 0 Å². The van der Waals surface area contributed by atoms with Gasteiger partial charge in [0.05, 0.1) is 13.2 Å². The summed E-state index contributed by atoms with van der Waals surface area (Å²) in [5, 5.41) is 0.896. The van der Waals surface area contributed by atoms with Crippen LogP contribution >= 0.6 is 9.24 Å². The van der Waals surface area contributed by atoms with Crippen molar-refractivity contribution in [1.29, 1.82) is 0 Å². The van der Waals surface area contributed by atoms with Crippen molar-refractivity contribution in [3.63, 3.8) is 0 Å². The molecule has 2 unspecified atom stereocenters. The highest BCUT2D eigenvalue weighted by Gasteiger charge is 2.21. The molecule has 1 aromatic rings. The molecule has 0 bridgehead atoms. The lowest BCUT2D eigenvalue weighted by molar-refractivity contribution is 0.0309. The van der Waals surface area contributed by atoms with Crippen LogP contribution in [-0.4, -0.2) is 80.3 Å². The first-order valence-corrected chi connectivity index (χ1v) is 13.7. The molecule has 2 atom stereocenters. The zero-order valence-corrected chi connectivity index (χ0v) is 23.3. The van der Waals surface area contributed by atoms with Crippen LogP contribution in [0.5, 0.6) is 0 Å². The van der Waals surface area contributed by atoms with Crippen LogP contribution in [0.15, 0.2) is 41.6 Å². The second-order valence-corrected chi connectivity index (χ2v) is 9.87. The molecule has 0 saturated carbocycles. The van der Waals surface area contributed by atoms with E-state index in [2.05, 4.69) is 49.9 Å². The summed E-state index contributed by atoms with van der Waals surface area (Å²) in [5.74, 6) is 0.605. The van der Waals surface area contributed by atoms with Crippen molar-refractivity contribution in [1.82, 2.24) is 14.7 Å². The van der Waals surface area contributed by atoms with E-state index >= 15 is 0 Å². The molecule has 1 aliphatic carbocycles. The van der Waals surface area contributed by atoms with Crippen LogP contribution in [0.4, 0.5) is 4.39 Å². The van der Waals surface area contributed by atoms with E-state index in [9.17, 15) is 4.39 Å². The van der Waals surface area contributed by atoms with Crippen LogP contribution in [0.3, 0.4) is 0 Å². The standard InChI is InChI=1S/C19H33N3O.C7H8FP.C2H6/c1-3-18-4-5-19(16-17(18)2)22-10-8-20(9-11-22)6-7-21-12-14-23-15-13-21;1-5-2-6(8)4-7(9)3-5;1-2/h5,16,18H,3-4,6-15H2,1-2H3;2-4H,9H2,1H3;1-2H3. The van der Waals surface area contributed by atoms with Crippen LogP contribution in [0.1, 0.15) is 46.1 Å². The lowest BCUT2D eigenvalue weighted by Crippen LogP contribution is -2.49. The maximum absolute atomic E-state index is 12.4. The highest BCUT2D eigenvalue weighted by molar-refractivity contribution is 7.27. The number of nitrogens with zero attached hydrogens (tertiary/aromatic N) is 3. The van der Waals surface area contributed by atoms with E-state index in [1.807, 2.05) is 26.8 Å². The minimum absolute atomic E-state index is 0.167. The molecule has 3 aliphatic rings. The number of aryl methyl sites for hydroxylation is 1. The first kappa shape index (κ1) is 29.0. The fraction of sp³-hybridized carbons (Fsp3) is 0.643. The Morgan fingerprint density at radius 1 is 0.941 bits per heavy atom. The molecule has 4 rings (SSSR count). The van der Waals surface area contributed by atoms with E-state index in [4.69, 9.17) is 4.74 Å². The Balaban J connectivity index is 0.000000311. The summed E-state index contributed by atoms with van der Waals surface area (Å²) in [7, 11) is 2.46. The maximum Gasteiger partial charge on any atom is 0.124 e. The largest absolute Gasteiger partial charge is 0.379 e. The van der Waals surface area contributed by atoms with Gasteiger partial charge in [0.1, 0.15) is 5.82 Å². The van der Waals surface area contributed by atoms with E-state index in [-0.39, 0.29) is 5.82 Å². The zero-order chi connectivity index (χ0) is 24.9. The topological polar surface area (TPSA) is 19.0 Å².